The van der Waals surface area contributed by atoms with Crippen molar-refractivity contribution in [3.8, 4) is 5.75 Å². The molecule has 3 heterocycles. The number of furan rings is 1. The Morgan fingerprint density at radius 2 is 2.16 bits per heavy atom. The van der Waals surface area contributed by atoms with Crippen LogP contribution in [-0.2, 0) is 4.79 Å². The third-order valence-corrected chi connectivity index (χ3v) is 6.00. The molecule has 0 radical (unpaired) electrons. The molecule has 3 N–H and O–H groups in total. The van der Waals surface area contributed by atoms with Gasteiger partial charge in [-0.25, -0.2) is 15.2 Å². The maximum atomic E-state index is 12.7. The number of halogens is 2. The van der Waals surface area contributed by atoms with Gasteiger partial charge in [-0.2, -0.15) is 5.10 Å². The first-order valence-corrected chi connectivity index (χ1v) is 11.8. The Hall–Kier alpha value is -4.14. The van der Waals surface area contributed by atoms with Gasteiger partial charge in [-0.15, -0.1) is 0 Å². The molecule has 0 bridgehead atoms. The van der Waals surface area contributed by atoms with Gasteiger partial charge in [0.25, 0.3) is 5.91 Å². The number of fused-ring (bicyclic) bond motifs is 1. The zero-order valence-corrected chi connectivity index (χ0v) is 21.2. The highest BCUT2D eigenvalue weighted by Gasteiger charge is 2.49. The number of hydrogen-bond acceptors (Lipinski definition) is 11. The number of aliphatic hydroxyl groups is 1. The SMILES string of the molecule is CN1C(=O)NC(=O)C2C1N=C(N/N=C/C=C/c1ccc([N+](=O)[O-])o1)N2CC(O)COc1ccc(Cl)cc1Cl. The summed E-state index contributed by atoms with van der Waals surface area (Å²) in [6, 6.07) is 5.77. The summed E-state index contributed by atoms with van der Waals surface area (Å²) in [6.45, 7) is -0.269. The van der Waals surface area contributed by atoms with Gasteiger partial charge < -0.3 is 24.1 Å². The van der Waals surface area contributed by atoms with E-state index < -0.39 is 41.1 Å². The van der Waals surface area contributed by atoms with Crippen LogP contribution in [0, 0.1) is 10.1 Å². The van der Waals surface area contributed by atoms with Crippen LogP contribution in [0.15, 0.2) is 50.9 Å². The van der Waals surface area contributed by atoms with Crippen molar-refractivity contribution in [1.82, 2.24) is 20.5 Å². The van der Waals surface area contributed by atoms with E-state index in [1.54, 1.807) is 12.1 Å². The summed E-state index contributed by atoms with van der Waals surface area (Å²) in [6.07, 6.45) is 2.29. The third kappa shape index (κ3) is 6.04. The molecule has 2 aliphatic heterocycles. The molecule has 3 unspecified atom stereocenters. The van der Waals surface area contributed by atoms with Crippen LogP contribution in [0.25, 0.3) is 6.08 Å². The molecule has 16 heteroatoms. The van der Waals surface area contributed by atoms with Crippen molar-refractivity contribution < 1.29 is 28.8 Å². The number of guanidine groups is 1. The number of aliphatic imine (C=N–C) groups is 1. The Balaban J connectivity index is 1.44. The van der Waals surface area contributed by atoms with Gasteiger partial charge >= 0.3 is 11.9 Å². The van der Waals surface area contributed by atoms with Crippen molar-refractivity contribution in [3.63, 3.8) is 0 Å². The number of imide groups is 1. The van der Waals surface area contributed by atoms with Crippen LogP contribution in [0.2, 0.25) is 10.0 Å². The van der Waals surface area contributed by atoms with Gasteiger partial charge in [0.1, 0.15) is 29.1 Å². The second-order valence-electron chi connectivity index (χ2n) is 8.09. The van der Waals surface area contributed by atoms with E-state index in [1.165, 1.54) is 53.4 Å². The van der Waals surface area contributed by atoms with Crippen molar-refractivity contribution in [3.05, 3.63) is 62.3 Å². The second-order valence-corrected chi connectivity index (χ2v) is 8.93. The molecule has 38 heavy (non-hydrogen) atoms. The number of urea groups is 1. The van der Waals surface area contributed by atoms with E-state index in [0.29, 0.717) is 10.8 Å². The molecule has 1 aromatic carbocycles. The highest BCUT2D eigenvalue weighted by atomic mass is 35.5. The average molecular weight is 566 g/mol. The minimum atomic E-state index is -1.10. The summed E-state index contributed by atoms with van der Waals surface area (Å²) in [4.78, 5) is 41.9. The van der Waals surface area contributed by atoms with E-state index in [4.69, 9.17) is 32.4 Å². The van der Waals surface area contributed by atoms with Crippen LogP contribution < -0.4 is 15.5 Å². The first kappa shape index (κ1) is 26.9. The maximum absolute atomic E-state index is 12.7. The lowest BCUT2D eigenvalue weighted by Gasteiger charge is -2.36. The molecule has 2 aliphatic rings. The highest BCUT2D eigenvalue weighted by Crippen LogP contribution is 2.28. The first-order valence-electron chi connectivity index (χ1n) is 11.0. The van der Waals surface area contributed by atoms with Gasteiger partial charge in [0.05, 0.1) is 17.6 Å². The molecule has 14 nitrogen and oxygen atoms in total. The summed E-state index contributed by atoms with van der Waals surface area (Å²) in [5.74, 6) is -0.291. The number of β-amino-alcohol motifs (C(OH)–C–C–N with tert-alkyl or cyclic N) is 1. The Morgan fingerprint density at radius 1 is 1.37 bits per heavy atom. The predicted molar refractivity (Wildman–Crippen MR) is 137 cm³/mol. The summed E-state index contributed by atoms with van der Waals surface area (Å²) in [5.41, 5.74) is 2.70. The van der Waals surface area contributed by atoms with Gasteiger partial charge in [0.2, 0.25) is 5.96 Å². The van der Waals surface area contributed by atoms with Crippen molar-refractivity contribution in [1.29, 1.82) is 0 Å². The molecule has 1 aromatic heterocycles. The molecule has 1 fully saturated rings. The Labute approximate surface area is 225 Å². The van der Waals surface area contributed by atoms with Crippen LogP contribution in [0.3, 0.4) is 0 Å². The van der Waals surface area contributed by atoms with Crippen LogP contribution >= 0.6 is 23.2 Å². The smallest absolute Gasteiger partial charge is 0.433 e. The summed E-state index contributed by atoms with van der Waals surface area (Å²) < 4.78 is 10.6. The predicted octanol–water partition coefficient (Wildman–Crippen LogP) is 2.07. The van der Waals surface area contributed by atoms with Crippen molar-refractivity contribution in [2.24, 2.45) is 10.1 Å². The zero-order chi connectivity index (χ0) is 27.4. The van der Waals surface area contributed by atoms with E-state index in [9.17, 15) is 24.8 Å². The van der Waals surface area contributed by atoms with E-state index in [0.717, 1.165) is 0 Å². The average Bonchev–Trinajstić information content (AvgIpc) is 3.48. The zero-order valence-electron chi connectivity index (χ0n) is 19.7. The van der Waals surface area contributed by atoms with Gasteiger partial charge in [-0.1, -0.05) is 23.2 Å². The van der Waals surface area contributed by atoms with Gasteiger partial charge in [0, 0.05) is 18.3 Å². The second kappa shape index (κ2) is 11.5. The molecular formula is C22H21Cl2N7O7. The number of nitro groups is 1. The Morgan fingerprint density at radius 3 is 2.87 bits per heavy atom. The third-order valence-electron chi connectivity index (χ3n) is 5.47. The number of nitrogens with one attached hydrogen (secondary N) is 2. The van der Waals surface area contributed by atoms with Gasteiger partial charge in [-0.05, 0) is 36.4 Å². The van der Waals surface area contributed by atoms with E-state index in [-0.39, 0.29) is 29.9 Å². The highest BCUT2D eigenvalue weighted by molar-refractivity contribution is 6.35. The fraction of sp³-hybridized carbons (Fsp3) is 0.273. The number of aliphatic hydroxyl groups excluding tert-OH is 1. The quantitative estimate of drug-likeness (QED) is 0.233. The van der Waals surface area contributed by atoms with E-state index in [1.807, 2.05) is 0 Å². The number of benzene rings is 1. The molecule has 2 aromatic rings. The molecule has 0 saturated carbocycles. The standard InChI is InChI=1S/C22H21Cl2N7O7/c1-29-19-18(20(33)27-22(29)34)30(10-13(32)11-37-16-6-4-12(23)9-15(16)24)21(26-19)28-25-8-2-3-14-5-7-17(38-14)31(35)36/h2-9,13,18-19,32H,10-11H2,1H3,(H,26,28)(H,27,33,34)/b3-2+,25-8+. The Kier molecular flexibility index (Phi) is 8.14. The first-order chi connectivity index (χ1) is 18.1. The molecule has 3 amide bonds. The number of amides is 3. The molecule has 3 atom stereocenters. The maximum Gasteiger partial charge on any atom is 0.433 e. The number of ether oxygens (including phenoxy) is 1. The lowest BCUT2D eigenvalue weighted by molar-refractivity contribution is -0.402. The molecule has 0 spiro atoms. The van der Waals surface area contributed by atoms with E-state index in [2.05, 4.69) is 20.8 Å². The number of allylic oxidation sites excluding steroid dienone is 1. The van der Waals surface area contributed by atoms with Crippen LogP contribution in [0.5, 0.6) is 5.75 Å². The number of likely N-dealkylation sites (N-methyl/N-ethyl adjacent to an activating group) is 1. The van der Waals surface area contributed by atoms with Crippen molar-refractivity contribution in [2.45, 2.75) is 18.3 Å². The summed E-state index contributed by atoms with van der Waals surface area (Å²) in [7, 11) is 1.49. The van der Waals surface area contributed by atoms with Gasteiger partial charge in [-0.3, -0.25) is 20.2 Å². The largest absolute Gasteiger partial charge is 0.489 e. The number of nitrogens with zero attached hydrogens (tertiary/aromatic N) is 5. The van der Waals surface area contributed by atoms with E-state index >= 15 is 0 Å². The number of hydrogen-bond donors (Lipinski definition) is 3. The molecule has 0 aliphatic carbocycles. The minimum absolute atomic E-state index is 0.102. The minimum Gasteiger partial charge on any atom is -0.489 e. The lowest BCUT2D eigenvalue weighted by Crippen LogP contribution is -2.64. The van der Waals surface area contributed by atoms with Crippen LogP contribution in [-0.4, -0.2) is 82.5 Å². The lowest BCUT2D eigenvalue weighted by atomic mass is 10.1. The van der Waals surface area contributed by atoms with Crippen molar-refractivity contribution in [2.75, 3.05) is 20.2 Å². The number of carbonyl (C=O) groups excluding carboxylic acids is 2. The van der Waals surface area contributed by atoms with Crippen LogP contribution in [0.1, 0.15) is 5.76 Å². The number of carbonyl (C=O) groups is 2. The number of rotatable bonds is 9. The topological polar surface area (TPSA) is 175 Å². The summed E-state index contributed by atoms with van der Waals surface area (Å²) in [5, 5.41) is 28.3. The molecule has 1 saturated heterocycles. The summed E-state index contributed by atoms with van der Waals surface area (Å²) >= 11 is 12.0. The van der Waals surface area contributed by atoms with Crippen LogP contribution in [0.4, 0.5) is 10.7 Å². The molecular weight excluding hydrogens is 545 g/mol. The van der Waals surface area contributed by atoms with Crippen molar-refractivity contribution >= 4 is 59.3 Å². The number of hydrazone groups is 1. The van der Waals surface area contributed by atoms with Gasteiger partial charge in [0.15, 0.2) is 12.2 Å². The fourth-order valence-electron chi connectivity index (χ4n) is 3.68. The molecule has 200 valence electrons. The normalized spacial score (nSPS) is 20.1. The Bertz CT molecular complexity index is 1330. The monoisotopic (exact) mass is 565 g/mol. The fourth-order valence-corrected chi connectivity index (χ4v) is 4.15. The molecule has 4 rings (SSSR count).